The Hall–Kier alpha value is -3.13. The number of para-hydroxylation sites is 2. The van der Waals surface area contributed by atoms with Gasteiger partial charge in [0.05, 0.1) is 6.54 Å². The Balaban J connectivity index is 1.41. The van der Waals surface area contributed by atoms with E-state index < -0.39 is 0 Å². The van der Waals surface area contributed by atoms with Gasteiger partial charge in [0.25, 0.3) is 0 Å². The maximum atomic E-state index is 6.12. The molecule has 1 aromatic carbocycles. The van der Waals surface area contributed by atoms with Gasteiger partial charge in [0.2, 0.25) is 0 Å². The summed E-state index contributed by atoms with van der Waals surface area (Å²) in [5, 5.41) is 17.4. The van der Waals surface area contributed by atoms with Gasteiger partial charge in [-0.3, -0.25) is 0 Å². The van der Waals surface area contributed by atoms with Crippen molar-refractivity contribution in [3.05, 3.63) is 53.2 Å². The van der Waals surface area contributed by atoms with Crippen molar-refractivity contribution in [3.8, 4) is 22.9 Å². The Morgan fingerprint density at radius 1 is 1.14 bits per heavy atom. The number of ether oxygens (including phenoxy) is 2. The minimum absolute atomic E-state index is 0.0652. The van der Waals surface area contributed by atoms with E-state index in [1.54, 1.807) is 15.9 Å². The van der Waals surface area contributed by atoms with Crippen LogP contribution in [0.3, 0.4) is 0 Å². The van der Waals surface area contributed by atoms with Gasteiger partial charge in [-0.15, -0.1) is 15.3 Å². The van der Waals surface area contributed by atoms with Crippen molar-refractivity contribution in [1.29, 1.82) is 0 Å². The number of likely N-dealkylation sites (N-methyl/N-ethyl adjacent to an activating group) is 1. The topological polar surface area (TPSA) is 64.8 Å². The number of nitrogens with zero attached hydrogens (tertiary/aromatic N) is 5. The number of thiophene rings is 1. The molecular formula is C20H19N5O2S. The van der Waals surface area contributed by atoms with Crippen molar-refractivity contribution in [2.75, 3.05) is 24.6 Å². The lowest BCUT2D eigenvalue weighted by Gasteiger charge is -2.31. The Labute approximate surface area is 166 Å². The third kappa shape index (κ3) is 3.05. The molecule has 3 aromatic heterocycles. The Morgan fingerprint density at radius 3 is 2.86 bits per heavy atom. The van der Waals surface area contributed by atoms with E-state index in [4.69, 9.17) is 14.6 Å². The van der Waals surface area contributed by atoms with Gasteiger partial charge in [-0.1, -0.05) is 12.1 Å². The van der Waals surface area contributed by atoms with Gasteiger partial charge in [0, 0.05) is 17.5 Å². The second kappa shape index (κ2) is 7.12. The van der Waals surface area contributed by atoms with E-state index in [1.165, 1.54) is 0 Å². The zero-order valence-electron chi connectivity index (χ0n) is 15.4. The maximum Gasteiger partial charge on any atom is 0.186 e. The van der Waals surface area contributed by atoms with Crippen LogP contribution in [0.25, 0.3) is 17.0 Å². The molecule has 0 bridgehead atoms. The van der Waals surface area contributed by atoms with Crippen LogP contribution in [0, 0.1) is 0 Å². The first kappa shape index (κ1) is 17.0. The molecule has 1 atom stereocenters. The fourth-order valence-corrected chi connectivity index (χ4v) is 3.94. The summed E-state index contributed by atoms with van der Waals surface area (Å²) in [4.78, 5) is 2.18. The SMILES string of the molecule is CCN(CC1COc2ccccc2O1)c1ccc2nnc(-c3ccsc3)n2n1. The van der Waals surface area contributed by atoms with Crippen LogP contribution < -0.4 is 14.4 Å². The van der Waals surface area contributed by atoms with Gasteiger partial charge in [0.1, 0.15) is 12.4 Å². The Morgan fingerprint density at radius 2 is 2.04 bits per heavy atom. The van der Waals surface area contributed by atoms with Gasteiger partial charge < -0.3 is 14.4 Å². The highest BCUT2D eigenvalue weighted by Gasteiger charge is 2.23. The number of benzene rings is 1. The van der Waals surface area contributed by atoms with E-state index in [2.05, 4.69) is 22.0 Å². The molecule has 0 spiro atoms. The minimum Gasteiger partial charge on any atom is -0.486 e. The van der Waals surface area contributed by atoms with Crippen molar-refractivity contribution in [3.63, 3.8) is 0 Å². The zero-order valence-corrected chi connectivity index (χ0v) is 16.2. The van der Waals surface area contributed by atoms with Crippen molar-refractivity contribution in [2.45, 2.75) is 13.0 Å². The molecule has 4 aromatic rings. The van der Waals surface area contributed by atoms with Crippen molar-refractivity contribution in [1.82, 2.24) is 19.8 Å². The molecule has 0 aliphatic carbocycles. The van der Waals surface area contributed by atoms with Crippen LogP contribution in [0.4, 0.5) is 5.82 Å². The third-order valence-corrected chi connectivity index (χ3v) is 5.41. The summed E-state index contributed by atoms with van der Waals surface area (Å²) in [7, 11) is 0. The first-order valence-corrected chi connectivity index (χ1v) is 10.1. The quantitative estimate of drug-likeness (QED) is 0.517. The highest BCUT2D eigenvalue weighted by molar-refractivity contribution is 7.08. The highest BCUT2D eigenvalue weighted by Crippen LogP contribution is 2.31. The van der Waals surface area contributed by atoms with E-state index in [-0.39, 0.29) is 6.10 Å². The fraction of sp³-hybridized carbons (Fsp3) is 0.250. The van der Waals surface area contributed by atoms with Crippen molar-refractivity contribution < 1.29 is 9.47 Å². The molecule has 8 heteroatoms. The Bertz CT molecular complexity index is 1100. The van der Waals surface area contributed by atoms with Crippen molar-refractivity contribution >= 4 is 22.8 Å². The molecule has 1 aliphatic rings. The van der Waals surface area contributed by atoms with E-state index in [0.29, 0.717) is 13.2 Å². The summed E-state index contributed by atoms with van der Waals surface area (Å²) >= 11 is 1.63. The smallest absolute Gasteiger partial charge is 0.186 e. The molecule has 0 saturated heterocycles. The van der Waals surface area contributed by atoms with E-state index in [1.807, 2.05) is 53.2 Å². The van der Waals surface area contributed by atoms with Crippen LogP contribution in [0.5, 0.6) is 11.5 Å². The lowest BCUT2D eigenvalue weighted by atomic mass is 10.2. The number of anilines is 1. The van der Waals surface area contributed by atoms with Crippen molar-refractivity contribution in [2.24, 2.45) is 0 Å². The standard InChI is InChI=1S/C20H19N5O2S/c1-2-24(11-15-12-26-16-5-3-4-6-17(16)27-15)19-8-7-18-21-22-20(25(18)23-19)14-9-10-28-13-14/h3-10,13,15H,2,11-12H2,1H3. The molecule has 142 valence electrons. The summed E-state index contributed by atoms with van der Waals surface area (Å²) in [5.41, 5.74) is 1.75. The Kier molecular flexibility index (Phi) is 4.32. The normalized spacial score (nSPS) is 15.7. The predicted octanol–water partition coefficient (Wildman–Crippen LogP) is 3.52. The first-order valence-electron chi connectivity index (χ1n) is 9.20. The summed E-state index contributed by atoms with van der Waals surface area (Å²) < 4.78 is 13.8. The molecule has 28 heavy (non-hydrogen) atoms. The lowest BCUT2D eigenvalue weighted by Crippen LogP contribution is -2.41. The second-order valence-corrected chi connectivity index (χ2v) is 7.31. The molecule has 0 radical (unpaired) electrons. The minimum atomic E-state index is -0.0652. The summed E-state index contributed by atoms with van der Waals surface area (Å²) in [6.45, 7) is 4.10. The second-order valence-electron chi connectivity index (χ2n) is 6.53. The van der Waals surface area contributed by atoms with Gasteiger partial charge in [-0.25, -0.2) is 0 Å². The first-order chi connectivity index (χ1) is 13.8. The highest BCUT2D eigenvalue weighted by atomic mass is 32.1. The monoisotopic (exact) mass is 393 g/mol. The number of hydrogen-bond acceptors (Lipinski definition) is 7. The van der Waals surface area contributed by atoms with Gasteiger partial charge in [-0.05, 0) is 42.6 Å². The average Bonchev–Trinajstić information content (AvgIpc) is 3.41. The molecule has 0 amide bonds. The molecule has 5 rings (SSSR count). The van der Waals surface area contributed by atoms with Gasteiger partial charge in [0.15, 0.2) is 29.1 Å². The van der Waals surface area contributed by atoms with Crippen LogP contribution in [0.2, 0.25) is 0 Å². The van der Waals surface area contributed by atoms with Gasteiger partial charge >= 0.3 is 0 Å². The maximum absolute atomic E-state index is 6.12. The summed E-state index contributed by atoms with van der Waals surface area (Å²) in [6.07, 6.45) is -0.0652. The van der Waals surface area contributed by atoms with E-state index >= 15 is 0 Å². The molecule has 1 unspecified atom stereocenters. The molecule has 0 fully saturated rings. The van der Waals surface area contributed by atoms with Gasteiger partial charge in [-0.2, -0.15) is 15.9 Å². The third-order valence-electron chi connectivity index (χ3n) is 4.73. The molecular weight excluding hydrogens is 374 g/mol. The number of aromatic nitrogens is 4. The summed E-state index contributed by atoms with van der Waals surface area (Å²) in [5.74, 6) is 3.19. The van der Waals surface area contributed by atoms with Crippen LogP contribution in [0.15, 0.2) is 53.2 Å². The predicted molar refractivity (Wildman–Crippen MR) is 108 cm³/mol. The fourth-order valence-electron chi connectivity index (χ4n) is 3.30. The lowest BCUT2D eigenvalue weighted by molar-refractivity contribution is 0.0952. The largest absolute Gasteiger partial charge is 0.486 e. The van der Waals surface area contributed by atoms with E-state index in [9.17, 15) is 0 Å². The molecule has 0 N–H and O–H groups in total. The molecule has 1 aliphatic heterocycles. The molecule has 0 saturated carbocycles. The number of hydrogen-bond donors (Lipinski definition) is 0. The number of rotatable bonds is 5. The van der Waals surface area contributed by atoms with Crippen LogP contribution in [0.1, 0.15) is 6.92 Å². The van der Waals surface area contributed by atoms with Crippen LogP contribution >= 0.6 is 11.3 Å². The summed E-state index contributed by atoms with van der Waals surface area (Å²) in [6, 6.07) is 13.7. The van der Waals surface area contributed by atoms with Crippen LogP contribution in [-0.2, 0) is 0 Å². The van der Waals surface area contributed by atoms with E-state index in [0.717, 1.165) is 40.9 Å². The molecule has 7 nitrogen and oxygen atoms in total. The number of fused-ring (bicyclic) bond motifs is 2. The van der Waals surface area contributed by atoms with Crippen LogP contribution in [-0.4, -0.2) is 45.6 Å². The average molecular weight is 393 g/mol. The zero-order chi connectivity index (χ0) is 18.9. The molecule has 4 heterocycles.